The third kappa shape index (κ3) is 5.40. The van der Waals surface area contributed by atoms with Gasteiger partial charge in [-0.2, -0.15) is 0 Å². The highest BCUT2D eigenvalue weighted by Gasteiger charge is 2.32. The van der Waals surface area contributed by atoms with Gasteiger partial charge in [-0.3, -0.25) is 14.5 Å². The van der Waals surface area contributed by atoms with Crippen LogP contribution in [0.2, 0.25) is 0 Å². The first-order valence-electron chi connectivity index (χ1n) is 11.2. The van der Waals surface area contributed by atoms with Crippen molar-refractivity contribution in [2.45, 2.75) is 6.42 Å². The zero-order chi connectivity index (χ0) is 26.8. The molecule has 192 valence electrons. The molecule has 1 saturated heterocycles. The van der Waals surface area contributed by atoms with Crippen molar-refractivity contribution >= 4 is 67.9 Å². The molecule has 0 spiro atoms. The lowest BCUT2D eigenvalue weighted by Gasteiger charge is -2.15. The molecule has 0 aliphatic carbocycles. The number of hydrogen-bond donors (Lipinski definition) is 0. The Balaban J connectivity index is 1.33. The smallest absolute Gasteiger partial charge is 0.396 e. The van der Waals surface area contributed by atoms with Crippen LogP contribution in [0.25, 0.3) is 27.5 Å². The minimum Gasteiger partial charge on any atom is -0.497 e. The van der Waals surface area contributed by atoms with Gasteiger partial charge in [0.25, 0.3) is 5.91 Å². The fourth-order valence-corrected chi connectivity index (χ4v) is 5.95. The van der Waals surface area contributed by atoms with Crippen molar-refractivity contribution in [3.63, 3.8) is 0 Å². The van der Waals surface area contributed by atoms with Crippen LogP contribution >= 0.6 is 35.3 Å². The Morgan fingerprint density at radius 1 is 1.08 bits per heavy atom. The van der Waals surface area contributed by atoms with Crippen molar-refractivity contribution in [1.82, 2.24) is 4.90 Å². The number of esters is 1. The van der Waals surface area contributed by atoms with Gasteiger partial charge < -0.3 is 13.9 Å². The van der Waals surface area contributed by atoms with Crippen LogP contribution in [0.1, 0.15) is 12.0 Å². The molecule has 5 rings (SSSR count). The van der Waals surface area contributed by atoms with E-state index in [2.05, 4.69) is 0 Å². The first kappa shape index (κ1) is 25.8. The number of fused-ring (bicyclic) bond motifs is 1. The molecular formula is C27H18FNO6S3. The molecule has 1 aromatic heterocycles. The molecule has 0 unspecified atom stereocenters. The number of thioether (sulfide) groups is 1. The minimum atomic E-state index is -0.577. The summed E-state index contributed by atoms with van der Waals surface area (Å²) >= 11 is 7.37. The number of carbonyl (C=O) groups is 2. The molecule has 0 radical (unpaired) electrons. The third-order valence-electron chi connectivity index (χ3n) is 5.65. The highest BCUT2D eigenvalue weighted by atomic mass is 32.2. The summed E-state index contributed by atoms with van der Waals surface area (Å²) in [5, 5.41) is 0. The van der Waals surface area contributed by atoms with Crippen molar-refractivity contribution in [3.05, 3.63) is 86.7 Å². The molecule has 1 aliphatic rings. The van der Waals surface area contributed by atoms with Crippen LogP contribution in [0.5, 0.6) is 11.5 Å². The Hall–Kier alpha value is -3.80. The van der Waals surface area contributed by atoms with Crippen LogP contribution in [-0.2, 0) is 9.59 Å². The van der Waals surface area contributed by atoms with Gasteiger partial charge in [-0.1, -0.05) is 59.6 Å². The molecule has 1 aliphatic heterocycles. The van der Waals surface area contributed by atoms with Crippen molar-refractivity contribution in [1.29, 1.82) is 0 Å². The summed E-state index contributed by atoms with van der Waals surface area (Å²) in [6, 6.07) is 16.0. The molecule has 7 nitrogen and oxygen atoms in total. The summed E-state index contributed by atoms with van der Waals surface area (Å²) in [4.78, 5) is 38.9. The highest BCUT2D eigenvalue weighted by molar-refractivity contribution is 8.26. The van der Waals surface area contributed by atoms with Gasteiger partial charge in [-0.05, 0) is 53.6 Å². The maximum Gasteiger partial charge on any atom is 0.396 e. The third-order valence-corrected chi connectivity index (χ3v) is 7.88. The Morgan fingerprint density at radius 2 is 1.82 bits per heavy atom. The first-order valence-corrected chi connectivity index (χ1v) is 13.3. The molecule has 4 aromatic rings. The van der Waals surface area contributed by atoms with Gasteiger partial charge in [0, 0.05) is 12.1 Å². The monoisotopic (exact) mass is 567 g/mol. The lowest BCUT2D eigenvalue weighted by Crippen LogP contribution is -2.31. The number of methoxy groups -OCH3 is 1. The van der Waals surface area contributed by atoms with E-state index in [0.717, 1.165) is 23.1 Å². The Bertz CT molecular complexity index is 1640. The molecule has 0 N–H and O–H groups in total. The second-order valence-electron chi connectivity index (χ2n) is 8.06. The van der Waals surface area contributed by atoms with E-state index >= 15 is 0 Å². The molecule has 2 heterocycles. The van der Waals surface area contributed by atoms with E-state index < -0.39 is 10.9 Å². The fraction of sp³-hybridized carbons (Fsp3) is 0.111. The lowest BCUT2D eigenvalue weighted by molar-refractivity contribution is -0.134. The van der Waals surface area contributed by atoms with Crippen molar-refractivity contribution in [2.24, 2.45) is 0 Å². The van der Waals surface area contributed by atoms with Gasteiger partial charge in [0.15, 0.2) is 0 Å². The van der Waals surface area contributed by atoms with E-state index in [1.54, 1.807) is 61.7 Å². The maximum absolute atomic E-state index is 13.2. The normalized spacial score (nSPS) is 14.5. The Kier molecular flexibility index (Phi) is 7.41. The first-order chi connectivity index (χ1) is 18.3. The van der Waals surface area contributed by atoms with E-state index in [1.807, 2.05) is 0 Å². The van der Waals surface area contributed by atoms with Crippen LogP contribution in [0, 0.1) is 5.82 Å². The van der Waals surface area contributed by atoms with Gasteiger partial charge in [0.05, 0.1) is 23.1 Å². The van der Waals surface area contributed by atoms with E-state index in [-0.39, 0.29) is 30.4 Å². The quantitative estimate of drug-likeness (QED) is 0.119. The van der Waals surface area contributed by atoms with E-state index in [9.17, 15) is 18.8 Å². The summed E-state index contributed by atoms with van der Waals surface area (Å²) in [6.45, 7) is 0.0312. The van der Waals surface area contributed by atoms with E-state index in [1.165, 1.54) is 17.0 Å². The predicted molar refractivity (Wildman–Crippen MR) is 149 cm³/mol. The number of nitrogens with zero attached hydrogens (tertiary/aromatic N) is 1. The van der Waals surface area contributed by atoms with Gasteiger partial charge >= 0.3 is 10.9 Å². The standard InChI is InChI=1S/C27H18FNO6S3/c1-33-18-8-4-16(5-9-18)23-19(10-11-20-24(23)38-27(32)35-20)34-22(30)12-13-29-25(31)21(37-26(29)36)14-15-2-6-17(28)7-3-15/h2-11,14H,12-13H2,1H3/b21-14-. The summed E-state index contributed by atoms with van der Waals surface area (Å²) in [7, 11) is 1.56. The number of hydrogen-bond acceptors (Lipinski definition) is 9. The molecule has 11 heteroatoms. The minimum absolute atomic E-state index is 0.0312. The SMILES string of the molecule is COc1ccc(-c2c(OC(=O)CCN3C(=O)/C(=C/c4ccc(F)cc4)SC3=S)ccc3oc(=O)sc23)cc1. The molecule has 1 fully saturated rings. The molecule has 1 amide bonds. The second kappa shape index (κ2) is 10.9. The Morgan fingerprint density at radius 3 is 2.53 bits per heavy atom. The molecule has 3 aromatic carbocycles. The average Bonchev–Trinajstić information content (AvgIpc) is 3.41. The number of amides is 1. The van der Waals surface area contributed by atoms with Gasteiger partial charge in [-0.25, -0.2) is 9.18 Å². The van der Waals surface area contributed by atoms with E-state index in [0.29, 0.717) is 41.9 Å². The zero-order valence-corrected chi connectivity index (χ0v) is 22.2. The van der Waals surface area contributed by atoms with Gasteiger partial charge in [0.1, 0.15) is 27.2 Å². The van der Waals surface area contributed by atoms with Crippen LogP contribution in [0.15, 0.2) is 74.8 Å². The van der Waals surface area contributed by atoms with Gasteiger partial charge in [0.2, 0.25) is 0 Å². The molecule has 0 atom stereocenters. The molecule has 0 saturated carbocycles. The maximum atomic E-state index is 13.2. The summed E-state index contributed by atoms with van der Waals surface area (Å²) in [6.07, 6.45) is 1.52. The van der Waals surface area contributed by atoms with Crippen LogP contribution < -0.4 is 14.4 Å². The summed E-state index contributed by atoms with van der Waals surface area (Å²) < 4.78 is 30.2. The largest absolute Gasteiger partial charge is 0.497 e. The molecule has 38 heavy (non-hydrogen) atoms. The summed E-state index contributed by atoms with van der Waals surface area (Å²) in [5.74, 6) is -0.375. The number of thiocarbonyl (C=S) groups is 1. The van der Waals surface area contributed by atoms with Crippen LogP contribution in [-0.4, -0.2) is 34.8 Å². The number of halogens is 1. The van der Waals surface area contributed by atoms with Crippen LogP contribution in [0.4, 0.5) is 4.39 Å². The highest BCUT2D eigenvalue weighted by Crippen LogP contribution is 2.39. The number of rotatable bonds is 7. The second-order valence-corrected chi connectivity index (χ2v) is 10.7. The fourth-order valence-electron chi connectivity index (χ4n) is 3.82. The zero-order valence-electron chi connectivity index (χ0n) is 19.8. The van der Waals surface area contributed by atoms with Crippen LogP contribution in [0.3, 0.4) is 0 Å². The molecule has 0 bridgehead atoms. The number of carbonyl (C=O) groups excluding carboxylic acids is 2. The number of benzene rings is 3. The van der Waals surface area contributed by atoms with Crippen molar-refractivity contribution in [2.75, 3.05) is 13.7 Å². The van der Waals surface area contributed by atoms with Crippen molar-refractivity contribution in [3.8, 4) is 22.6 Å². The number of ether oxygens (including phenoxy) is 2. The lowest BCUT2D eigenvalue weighted by atomic mass is 10.0. The topological polar surface area (TPSA) is 86.1 Å². The summed E-state index contributed by atoms with van der Waals surface area (Å²) in [5.41, 5.74) is 2.30. The molecular weight excluding hydrogens is 549 g/mol. The Labute approximate surface area is 229 Å². The average molecular weight is 568 g/mol. The van der Waals surface area contributed by atoms with Gasteiger partial charge in [-0.15, -0.1) is 0 Å². The van der Waals surface area contributed by atoms with Crippen molar-refractivity contribution < 1.29 is 27.9 Å². The predicted octanol–water partition coefficient (Wildman–Crippen LogP) is 5.87. The van der Waals surface area contributed by atoms with E-state index in [4.69, 9.17) is 26.1 Å².